The van der Waals surface area contributed by atoms with Gasteiger partial charge in [-0.15, -0.1) is 11.3 Å². The molecule has 0 bridgehead atoms. The summed E-state index contributed by atoms with van der Waals surface area (Å²) in [6, 6.07) is 6.62. The highest BCUT2D eigenvalue weighted by molar-refractivity contribution is 7.10. The molecule has 0 spiro atoms. The number of nitriles is 1. The van der Waals surface area contributed by atoms with E-state index in [0.717, 1.165) is 5.92 Å². The predicted octanol–water partition coefficient (Wildman–Crippen LogP) is 3.94. The second kappa shape index (κ2) is 4.61. The van der Waals surface area contributed by atoms with Gasteiger partial charge in [0.05, 0.1) is 6.07 Å². The number of rotatable bonds is 3. The highest BCUT2D eigenvalue weighted by Gasteiger charge is 2.26. The SMILES string of the molecule is N#CCC(c1cccs1)C1CCCC1. The Kier molecular flexibility index (Phi) is 3.21. The third kappa shape index (κ3) is 1.99. The van der Waals surface area contributed by atoms with E-state index in [-0.39, 0.29) is 0 Å². The normalized spacial score (nSPS) is 19.4. The third-order valence-electron chi connectivity index (χ3n) is 3.19. The summed E-state index contributed by atoms with van der Waals surface area (Å²) in [5.41, 5.74) is 0. The first kappa shape index (κ1) is 9.73. The summed E-state index contributed by atoms with van der Waals surface area (Å²) < 4.78 is 0. The lowest BCUT2D eigenvalue weighted by Crippen LogP contribution is -2.07. The van der Waals surface area contributed by atoms with Crippen LogP contribution in [0.2, 0.25) is 0 Å². The van der Waals surface area contributed by atoms with Crippen LogP contribution in [0.5, 0.6) is 0 Å². The van der Waals surface area contributed by atoms with Crippen molar-refractivity contribution in [3.63, 3.8) is 0 Å². The van der Waals surface area contributed by atoms with Crippen LogP contribution in [0.1, 0.15) is 42.9 Å². The third-order valence-corrected chi connectivity index (χ3v) is 4.19. The molecule has 0 aliphatic heterocycles. The zero-order chi connectivity index (χ0) is 9.80. The average molecular weight is 205 g/mol. The molecule has 1 nitrogen and oxygen atoms in total. The van der Waals surface area contributed by atoms with Gasteiger partial charge in [-0.25, -0.2) is 0 Å². The van der Waals surface area contributed by atoms with E-state index in [1.807, 2.05) is 0 Å². The van der Waals surface area contributed by atoms with Gasteiger partial charge in [0.1, 0.15) is 0 Å². The van der Waals surface area contributed by atoms with E-state index in [4.69, 9.17) is 5.26 Å². The maximum Gasteiger partial charge on any atom is 0.0628 e. The van der Waals surface area contributed by atoms with Crippen LogP contribution in [-0.4, -0.2) is 0 Å². The molecule has 1 fully saturated rings. The molecule has 1 unspecified atom stereocenters. The molecule has 0 N–H and O–H groups in total. The fourth-order valence-corrected chi connectivity index (χ4v) is 3.38. The molecule has 0 radical (unpaired) electrons. The highest BCUT2D eigenvalue weighted by atomic mass is 32.1. The molecule has 2 rings (SSSR count). The van der Waals surface area contributed by atoms with Crippen LogP contribution in [-0.2, 0) is 0 Å². The van der Waals surface area contributed by atoms with Crippen LogP contribution in [0, 0.1) is 17.2 Å². The summed E-state index contributed by atoms with van der Waals surface area (Å²) in [4.78, 5) is 1.42. The molecule has 0 saturated heterocycles. The Balaban J connectivity index is 2.11. The Morgan fingerprint density at radius 3 is 2.86 bits per heavy atom. The summed E-state index contributed by atoms with van der Waals surface area (Å²) >= 11 is 1.81. The van der Waals surface area contributed by atoms with Gasteiger partial charge in [0.25, 0.3) is 0 Å². The fraction of sp³-hybridized carbons (Fsp3) is 0.583. The van der Waals surface area contributed by atoms with Crippen molar-refractivity contribution in [3.8, 4) is 6.07 Å². The average Bonchev–Trinajstić information content (AvgIpc) is 2.87. The summed E-state index contributed by atoms with van der Waals surface area (Å²) in [6.45, 7) is 0. The molecule has 1 atom stereocenters. The monoisotopic (exact) mass is 205 g/mol. The van der Waals surface area contributed by atoms with Crippen molar-refractivity contribution in [2.24, 2.45) is 5.92 Å². The molecule has 1 aliphatic carbocycles. The number of hydrogen-bond donors (Lipinski definition) is 0. The Morgan fingerprint density at radius 1 is 1.50 bits per heavy atom. The van der Waals surface area contributed by atoms with E-state index in [0.29, 0.717) is 12.3 Å². The first-order valence-corrected chi connectivity index (χ1v) is 6.20. The lowest BCUT2D eigenvalue weighted by Gasteiger charge is -2.19. The molecule has 1 aromatic heterocycles. The van der Waals surface area contributed by atoms with Crippen LogP contribution in [0.3, 0.4) is 0 Å². The second-order valence-corrected chi connectivity index (χ2v) is 5.01. The molecule has 0 aromatic carbocycles. The van der Waals surface area contributed by atoms with Gasteiger partial charge in [0.2, 0.25) is 0 Å². The first-order valence-electron chi connectivity index (χ1n) is 5.32. The minimum Gasteiger partial charge on any atom is -0.198 e. The van der Waals surface area contributed by atoms with E-state index >= 15 is 0 Å². The number of thiophene rings is 1. The van der Waals surface area contributed by atoms with Crippen molar-refractivity contribution >= 4 is 11.3 Å². The molecule has 2 heteroatoms. The van der Waals surface area contributed by atoms with Crippen molar-refractivity contribution in [1.29, 1.82) is 5.26 Å². The second-order valence-electron chi connectivity index (χ2n) is 4.03. The highest BCUT2D eigenvalue weighted by Crippen LogP contribution is 2.40. The number of hydrogen-bond acceptors (Lipinski definition) is 2. The maximum absolute atomic E-state index is 8.85. The summed E-state index contributed by atoms with van der Waals surface area (Å²) in [5.74, 6) is 1.29. The molecule has 1 heterocycles. The Bertz CT molecular complexity index is 304. The minimum absolute atomic E-state index is 0.516. The van der Waals surface area contributed by atoms with Crippen LogP contribution in [0.4, 0.5) is 0 Å². The zero-order valence-electron chi connectivity index (χ0n) is 8.28. The van der Waals surface area contributed by atoms with E-state index in [1.54, 1.807) is 11.3 Å². The molecular formula is C12H15NS. The minimum atomic E-state index is 0.516. The smallest absolute Gasteiger partial charge is 0.0628 e. The Labute approximate surface area is 89.4 Å². The maximum atomic E-state index is 8.85. The van der Waals surface area contributed by atoms with Gasteiger partial charge < -0.3 is 0 Å². The van der Waals surface area contributed by atoms with Crippen molar-refractivity contribution in [2.75, 3.05) is 0 Å². The predicted molar refractivity (Wildman–Crippen MR) is 59.2 cm³/mol. The standard InChI is InChI=1S/C12H15NS/c13-8-7-11(10-4-1-2-5-10)12-6-3-9-14-12/h3,6,9-11H,1-2,4-5,7H2. The molecule has 1 aliphatic rings. The lowest BCUT2D eigenvalue weighted by atomic mass is 9.87. The van der Waals surface area contributed by atoms with E-state index in [1.165, 1.54) is 30.6 Å². The van der Waals surface area contributed by atoms with Crippen LogP contribution < -0.4 is 0 Å². The van der Waals surface area contributed by atoms with E-state index in [2.05, 4.69) is 23.6 Å². The number of nitrogens with zero attached hydrogens (tertiary/aromatic N) is 1. The van der Waals surface area contributed by atoms with Crippen LogP contribution in [0.15, 0.2) is 17.5 Å². The summed E-state index contributed by atoms with van der Waals surface area (Å²) in [5, 5.41) is 11.0. The molecule has 14 heavy (non-hydrogen) atoms. The van der Waals surface area contributed by atoms with Gasteiger partial charge in [0, 0.05) is 17.2 Å². The molecule has 0 amide bonds. The van der Waals surface area contributed by atoms with E-state index < -0.39 is 0 Å². The zero-order valence-corrected chi connectivity index (χ0v) is 9.09. The van der Waals surface area contributed by atoms with Gasteiger partial charge in [-0.2, -0.15) is 5.26 Å². The largest absolute Gasteiger partial charge is 0.198 e. The molecular weight excluding hydrogens is 190 g/mol. The van der Waals surface area contributed by atoms with Crippen molar-refractivity contribution < 1.29 is 0 Å². The van der Waals surface area contributed by atoms with Gasteiger partial charge in [-0.05, 0) is 30.2 Å². The molecule has 74 valence electrons. The summed E-state index contributed by atoms with van der Waals surface area (Å²) in [6.07, 6.45) is 6.07. The van der Waals surface area contributed by atoms with Crippen molar-refractivity contribution in [2.45, 2.75) is 38.0 Å². The Morgan fingerprint density at radius 2 is 2.29 bits per heavy atom. The van der Waals surface area contributed by atoms with Crippen LogP contribution >= 0.6 is 11.3 Å². The van der Waals surface area contributed by atoms with Gasteiger partial charge in [-0.3, -0.25) is 0 Å². The van der Waals surface area contributed by atoms with Crippen molar-refractivity contribution in [1.82, 2.24) is 0 Å². The summed E-state index contributed by atoms with van der Waals surface area (Å²) in [7, 11) is 0. The fourth-order valence-electron chi connectivity index (χ4n) is 2.46. The van der Waals surface area contributed by atoms with Crippen molar-refractivity contribution in [3.05, 3.63) is 22.4 Å². The van der Waals surface area contributed by atoms with E-state index in [9.17, 15) is 0 Å². The first-order chi connectivity index (χ1) is 6.92. The topological polar surface area (TPSA) is 23.8 Å². The quantitative estimate of drug-likeness (QED) is 0.733. The van der Waals surface area contributed by atoms with Gasteiger partial charge in [-0.1, -0.05) is 18.9 Å². The molecule has 1 saturated carbocycles. The van der Waals surface area contributed by atoms with Gasteiger partial charge in [0.15, 0.2) is 0 Å². The van der Waals surface area contributed by atoms with Crippen LogP contribution in [0.25, 0.3) is 0 Å². The lowest BCUT2D eigenvalue weighted by molar-refractivity contribution is 0.444. The van der Waals surface area contributed by atoms with Gasteiger partial charge >= 0.3 is 0 Å². The molecule has 1 aromatic rings. The Hall–Kier alpha value is -0.810.